The molecule has 24 heavy (non-hydrogen) atoms. The number of hydrogen-bond acceptors (Lipinski definition) is 2. The van der Waals surface area contributed by atoms with Crippen molar-refractivity contribution in [1.29, 1.82) is 0 Å². The highest BCUT2D eigenvalue weighted by atomic mass is 32.1. The van der Waals surface area contributed by atoms with E-state index >= 15 is 0 Å². The van der Waals surface area contributed by atoms with E-state index in [2.05, 4.69) is 38.1 Å². The molecular weight excluding hydrogens is 324 g/mol. The van der Waals surface area contributed by atoms with Crippen LogP contribution in [-0.4, -0.2) is 23.9 Å². The monoisotopic (exact) mass is 351 g/mol. The van der Waals surface area contributed by atoms with Crippen LogP contribution in [0.1, 0.15) is 50.5 Å². The summed E-state index contributed by atoms with van der Waals surface area (Å²) in [6.45, 7) is 9.33. The predicted molar refractivity (Wildman–Crippen MR) is 100 cm³/mol. The highest BCUT2D eigenvalue weighted by Crippen LogP contribution is 2.35. The summed E-state index contributed by atoms with van der Waals surface area (Å²) in [5.41, 5.74) is 2.31. The number of halogens is 2. The number of benzene rings is 1. The predicted octanol–water partition coefficient (Wildman–Crippen LogP) is 6.41. The number of nitrogens with zero attached hydrogens (tertiary/aromatic N) is 1. The second-order valence-corrected chi connectivity index (χ2v) is 7.45. The van der Waals surface area contributed by atoms with E-state index in [-0.39, 0.29) is 13.0 Å². The number of thiophene rings is 1. The van der Waals surface area contributed by atoms with Gasteiger partial charge in [0.1, 0.15) is 0 Å². The largest absolute Gasteiger partial charge is 0.293 e. The number of hydrogen-bond donors (Lipinski definition) is 0. The molecule has 0 aliphatic carbocycles. The van der Waals surface area contributed by atoms with Crippen molar-refractivity contribution in [1.82, 2.24) is 4.90 Å². The Morgan fingerprint density at radius 3 is 2.42 bits per heavy atom. The van der Waals surface area contributed by atoms with E-state index in [1.807, 2.05) is 30.9 Å². The van der Waals surface area contributed by atoms with Crippen molar-refractivity contribution in [2.24, 2.45) is 0 Å². The molecule has 1 aromatic carbocycles. The topological polar surface area (TPSA) is 3.24 Å². The molecule has 0 atom stereocenters. The number of alkyl halides is 2. The third kappa shape index (κ3) is 4.64. The molecule has 1 nitrogen and oxygen atoms in total. The van der Waals surface area contributed by atoms with E-state index in [9.17, 15) is 8.78 Å². The van der Waals surface area contributed by atoms with Gasteiger partial charge in [-0.3, -0.25) is 4.90 Å². The Kier molecular flexibility index (Phi) is 6.53. The maximum atomic E-state index is 13.4. The van der Waals surface area contributed by atoms with Crippen LogP contribution in [0.5, 0.6) is 0 Å². The lowest BCUT2D eigenvalue weighted by molar-refractivity contribution is 0.0115. The van der Waals surface area contributed by atoms with Gasteiger partial charge in [-0.15, -0.1) is 11.3 Å². The van der Waals surface area contributed by atoms with Crippen LogP contribution >= 0.6 is 11.3 Å². The molecule has 1 aromatic heterocycles. The van der Waals surface area contributed by atoms with E-state index in [1.54, 1.807) is 11.3 Å². The number of likely N-dealkylation sites (tertiary alicyclic amines) is 1. The molecule has 3 rings (SSSR count). The van der Waals surface area contributed by atoms with Gasteiger partial charge in [0.2, 0.25) is 0 Å². The molecule has 1 aliphatic rings. The van der Waals surface area contributed by atoms with Gasteiger partial charge < -0.3 is 0 Å². The van der Waals surface area contributed by atoms with Crippen molar-refractivity contribution in [2.75, 3.05) is 13.1 Å². The summed E-state index contributed by atoms with van der Waals surface area (Å²) < 4.78 is 26.7. The van der Waals surface area contributed by atoms with Crippen LogP contribution in [0, 0.1) is 0 Å². The summed E-state index contributed by atoms with van der Waals surface area (Å²) in [6.07, 6.45) is -0.0222. The van der Waals surface area contributed by atoms with Gasteiger partial charge in [-0.05, 0) is 29.2 Å². The Balaban J connectivity index is 0.00000100. The molecule has 1 saturated heterocycles. The molecule has 0 saturated carbocycles. The molecule has 132 valence electrons. The lowest BCUT2D eigenvalue weighted by Crippen LogP contribution is -2.25. The quantitative estimate of drug-likeness (QED) is 0.615. The van der Waals surface area contributed by atoms with Gasteiger partial charge in [0.05, 0.1) is 6.54 Å². The third-order valence-electron chi connectivity index (χ3n) is 4.12. The second kappa shape index (κ2) is 8.21. The maximum absolute atomic E-state index is 13.4. The highest BCUT2D eigenvalue weighted by molar-refractivity contribution is 7.15. The summed E-state index contributed by atoms with van der Waals surface area (Å²) in [5.74, 6) is -2.01. The van der Waals surface area contributed by atoms with Gasteiger partial charge in [0.25, 0.3) is 5.92 Å². The van der Waals surface area contributed by atoms with Crippen molar-refractivity contribution in [2.45, 2.75) is 52.5 Å². The summed E-state index contributed by atoms with van der Waals surface area (Å²) in [5, 5.41) is 0. The van der Waals surface area contributed by atoms with E-state index < -0.39 is 5.92 Å². The minimum absolute atomic E-state index is 0.0222. The minimum Gasteiger partial charge on any atom is -0.293 e. The molecule has 0 amide bonds. The summed E-state index contributed by atoms with van der Waals surface area (Å²) in [6, 6.07) is 12.5. The smallest absolute Gasteiger partial charge is 0.261 e. The Morgan fingerprint density at radius 2 is 1.83 bits per heavy atom. The molecule has 0 spiro atoms. The SMILES string of the molecule is CC.CC(C)c1ccc(-c2ccccc2CN2CCC(F)(F)C2)s1. The molecule has 0 radical (unpaired) electrons. The highest BCUT2D eigenvalue weighted by Gasteiger charge is 2.38. The van der Waals surface area contributed by atoms with E-state index in [0.29, 0.717) is 19.0 Å². The molecule has 2 heterocycles. The molecular formula is C20H27F2NS. The summed E-state index contributed by atoms with van der Waals surface area (Å²) in [7, 11) is 0. The molecule has 1 fully saturated rings. The lowest BCUT2D eigenvalue weighted by atomic mass is 10.1. The van der Waals surface area contributed by atoms with Gasteiger partial charge >= 0.3 is 0 Å². The van der Waals surface area contributed by atoms with Crippen LogP contribution in [0.3, 0.4) is 0 Å². The fourth-order valence-corrected chi connectivity index (χ4v) is 3.96. The first-order valence-electron chi connectivity index (χ1n) is 8.73. The van der Waals surface area contributed by atoms with Crippen molar-refractivity contribution in [3.63, 3.8) is 0 Å². The Morgan fingerprint density at radius 1 is 1.12 bits per heavy atom. The van der Waals surface area contributed by atoms with Gasteiger partial charge in [-0.25, -0.2) is 8.78 Å². The van der Waals surface area contributed by atoms with Crippen molar-refractivity contribution >= 4 is 11.3 Å². The summed E-state index contributed by atoms with van der Waals surface area (Å²) >= 11 is 1.80. The van der Waals surface area contributed by atoms with Crippen molar-refractivity contribution in [3.05, 3.63) is 46.8 Å². The average molecular weight is 352 g/mol. The van der Waals surface area contributed by atoms with Crippen LogP contribution in [0.25, 0.3) is 10.4 Å². The van der Waals surface area contributed by atoms with Crippen molar-refractivity contribution in [3.8, 4) is 10.4 Å². The number of rotatable bonds is 4. The van der Waals surface area contributed by atoms with Gasteiger partial charge in [-0.1, -0.05) is 52.0 Å². The van der Waals surface area contributed by atoms with E-state index in [4.69, 9.17) is 0 Å². The van der Waals surface area contributed by atoms with Crippen LogP contribution in [0.4, 0.5) is 8.78 Å². The van der Waals surface area contributed by atoms with Crippen molar-refractivity contribution < 1.29 is 8.78 Å². The molecule has 2 aromatic rings. The zero-order valence-corrected chi connectivity index (χ0v) is 15.8. The first kappa shape index (κ1) is 19.1. The standard InChI is InChI=1S/C18H21F2NS.C2H6/c1-13(2)16-7-8-17(22-16)15-6-4-3-5-14(15)11-21-10-9-18(19,20)12-21;1-2/h3-8,13H,9-12H2,1-2H3;1-2H3. The fraction of sp³-hybridized carbons (Fsp3) is 0.500. The van der Waals surface area contributed by atoms with Crippen LogP contribution in [0.15, 0.2) is 36.4 Å². The molecule has 0 unspecified atom stereocenters. The van der Waals surface area contributed by atoms with Crippen LogP contribution in [0.2, 0.25) is 0 Å². The van der Waals surface area contributed by atoms with E-state index in [0.717, 1.165) is 5.56 Å². The average Bonchev–Trinajstić information content (AvgIpc) is 3.17. The van der Waals surface area contributed by atoms with Gasteiger partial charge in [-0.2, -0.15) is 0 Å². The molecule has 4 heteroatoms. The molecule has 0 bridgehead atoms. The minimum atomic E-state index is -2.53. The lowest BCUT2D eigenvalue weighted by Gasteiger charge is -2.17. The Labute approximate surface area is 148 Å². The molecule has 1 aliphatic heterocycles. The second-order valence-electron chi connectivity index (χ2n) is 6.33. The Bertz CT molecular complexity index is 649. The van der Waals surface area contributed by atoms with E-state index in [1.165, 1.54) is 15.3 Å². The van der Waals surface area contributed by atoms with Gasteiger partial charge in [0.15, 0.2) is 0 Å². The maximum Gasteiger partial charge on any atom is 0.261 e. The van der Waals surface area contributed by atoms with Crippen LogP contribution < -0.4 is 0 Å². The van der Waals surface area contributed by atoms with Crippen LogP contribution in [-0.2, 0) is 6.54 Å². The normalized spacial score (nSPS) is 17.0. The fourth-order valence-electron chi connectivity index (χ4n) is 2.89. The zero-order chi connectivity index (χ0) is 17.7. The summed E-state index contributed by atoms with van der Waals surface area (Å²) in [4.78, 5) is 4.44. The first-order valence-corrected chi connectivity index (χ1v) is 9.54. The first-order chi connectivity index (χ1) is 11.4. The zero-order valence-electron chi connectivity index (χ0n) is 15.0. The molecule has 0 N–H and O–H groups in total. The van der Waals surface area contributed by atoms with Gasteiger partial charge in [0, 0.05) is 29.3 Å². The Hall–Kier alpha value is -1.26. The third-order valence-corrected chi connectivity index (χ3v) is 5.54.